The first-order valence-electron chi connectivity index (χ1n) is 4.99. The summed E-state index contributed by atoms with van der Waals surface area (Å²) in [7, 11) is 0. The van der Waals surface area contributed by atoms with Crippen molar-refractivity contribution >= 4 is 5.57 Å². The number of allylic oxidation sites excluding steroid dienone is 4. The number of nitrogens with two attached hydrogens (primary N) is 1. The van der Waals surface area contributed by atoms with Gasteiger partial charge in [0.25, 0.3) is 0 Å². The van der Waals surface area contributed by atoms with Crippen LogP contribution in [0.5, 0.6) is 0 Å². The van der Waals surface area contributed by atoms with Crippen LogP contribution in [-0.4, -0.2) is 0 Å². The molecule has 1 aromatic carbocycles. The minimum absolute atomic E-state index is 0.990. The van der Waals surface area contributed by atoms with Crippen molar-refractivity contribution in [3.8, 4) is 0 Å². The topological polar surface area (TPSA) is 26.0 Å². The van der Waals surface area contributed by atoms with Gasteiger partial charge >= 0.3 is 0 Å². The van der Waals surface area contributed by atoms with E-state index in [-0.39, 0.29) is 0 Å². The Morgan fingerprint density at radius 3 is 2.86 bits per heavy atom. The van der Waals surface area contributed by atoms with Crippen LogP contribution in [0.15, 0.2) is 42.1 Å². The Hall–Kier alpha value is -1.50. The summed E-state index contributed by atoms with van der Waals surface area (Å²) in [6, 6.07) is 8.53. The van der Waals surface area contributed by atoms with E-state index in [1.807, 2.05) is 0 Å². The van der Waals surface area contributed by atoms with Crippen LogP contribution in [0.2, 0.25) is 0 Å². The zero-order valence-electron chi connectivity index (χ0n) is 8.46. The zero-order valence-corrected chi connectivity index (χ0v) is 8.46. The Kier molecular flexibility index (Phi) is 2.40. The van der Waals surface area contributed by atoms with Crippen LogP contribution in [0.4, 0.5) is 0 Å². The zero-order chi connectivity index (χ0) is 9.97. The maximum atomic E-state index is 5.82. The van der Waals surface area contributed by atoms with Crippen molar-refractivity contribution in [2.24, 2.45) is 5.73 Å². The van der Waals surface area contributed by atoms with Crippen molar-refractivity contribution in [2.75, 3.05) is 0 Å². The minimum atomic E-state index is 0.990. The molecule has 1 aliphatic carbocycles. The lowest BCUT2D eigenvalue weighted by Crippen LogP contribution is -2.01. The lowest BCUT2D eigenvalue weighted by atomic mass is 9.97. The molecule has 0 fully saturated rings. The Bertz CT molecular complexity index is 399. The highest BCUT2D eigenvalue weighted by Gasteiger charge is 2.04. The predicted octanol–water partition coefficient (Wildman–Crippen LogP) is 3.01. The lowest BCUT2D eigenvalue weighted by molar-refractivity contribution is 0.948. The normalized spacial score (nSPS) is 16.1. The molecule has 0 aliphatic heterocycles. The van der Waals surface area contributed by atoms with Crippen LogP contribution < -0.4 is 5.73 Å². The maximum absolute atomic E-state index is 5.82. The van der Waals surface area contributed by atoms with E-state index in [0.29, 0.717) is 0 Å². The number of hydrogen-bond acceptors (Lipinski definition) is 1. The smallest absolute Gasteiger partial charge is 0.00896 e. The largest absolute Gasteiger partial charge is 0.402 e. The van der Waals surface area contributed by atoms with E-state index in [4.69, 9.17) is 5.73 Å². The van der Waals surface area contributed by atoms with E-state index in [1.54, 1.807) is 0 Å². The molecule has 72 valence electrons. The molecule has 0 saturated heterocycles. The molecule has 0 bridgehead atoms. The first kappa shape index (κ1) is 9.07. The summed E-state index contributed by atoms with van der Waals surface area (Å²) in [4.78, 5) is 0. The molecule has 0 spiro atoms. The molecule has 0 heterocycles. The fourth-order valence-electron chi connectivity index (χ4n) is 1.75. The molecule has 1 heteroatoms. The summed E-state index contributed by atoms with van der Waals surface area (Å²) in [6.45, 7) is 2.11. The molecule has 2 rings (SSSR count). The number of benzene rings is 1. The first-order valence-corrected chi connectivity index (χ1v) is 4.99. The standard InChI is InChI=1S/C13H15N/c1-10-4-2-5-11(8-10)12-6-3-7-13(14)9-12/h2,4-6,8-9H,3,7,14H2,1H3. The molecule has 14 heavy (non-hydrogen) atoms. The van der Waals surface area contributed by atoms with Crippen LogP contribution in [0.3, 0.4) is 0 Å². The van der Waals surface area contributed by atoms with E-state index in [2.05, 4.69) is 43.3 Å². The van der Waals surface area contributed by atoms with Gasteiger partial charge in [0.1, 0.15) is 0 Å². The van der Waals surface area contributed by atoms with Gasteiger partial charge in [0.2, 0.25) is 0 Å². The van der Waals surface area contributed by atoms with Gasteiger partial charge in [-0.15, -0.1) is 0 Å². The molecule has 1 nitrogen and oxygen atoms in total. The highest BCUT2D eigenvalue weighted by molar-refractivity contribution is 5.75. The van der Waals surface area contributed by atoms with E-state index < -0.39 is 0 Å². The average molecular weight is 185 g/mol. The van der Waals surface area contributed by atoms with Gasteiger partial charge in [-0.25, -0.2) is 0 Å². The van der Waals surface area contributed by atoms with E-state index in [1.165, 1.54) is 16.7 Å². The highest BCUT2D eigenvalue weighted by Crippen LogP contribution is 2.23. The molecule has 0 unspecified atom stereocenters. The first-order chi connectivity index (χ1) is 6.75. The summed E-state index contributed by atoms with van der Waals surface area (Å²) in [5.41, 5.74) is 10.6. The van der Waals surface area contributed by atoms with Crippen LogP contribution in [-0.2, 0) is 0 Å². The van der Waals surface area contributed by atoms with Gasteiger partial charge in [0.05, 0.1) is 0 Å². The van der Waals surface area contributed by atoms with Crippen molar-refractivity contribution in [1.82, 2.24) is 0 Å². The molecule has 0 radical (unpaired) electrons. The Morgan fingerprint density at radius 2 is 2.14 bits per heavy atom. The van der Waals surface area contributed by atoms with Gasteiger partial charge in [-0.3, -0.25) is 0 Å². The van der Waals surface area contributed by atoms with Crippen molar-refractivity contribution in [1.29, 1.82) is 0 Å². The van der Waals surface area contributed by atoms with Crippen molar-refractivity contribution < 1.29 is 0 Å². The molecule has 0 saturated carbocycles. The average Bonchev–Trinajstić information content (AvgIpc) is 2.18. The van der Waals surface area contributed by atoms with Crippen LogP contribution in [0.1, 0.15) is 24.0 Å². The van der Waals surface area contributed by atoms with Crippen LogP contribution >= 0.6 is 0 Å². The maximum Gasteiger partial charge on any atom is 0.00896 e. The van der Waals surface area contributed by atoms with Gasteiger partial charge in [-0.05, 0) is 37.0 Å². The van der Waals surface area contributed by atoms with Crippen LogP contribution in [0, 0.1) is 6.92 Å². The molecular formula is C13H15N. The molecule has 0 aromatic heterocycles. The predicted molar refractivity (Wildman–Crippen MR) is 60.7 cm³/mol. The van der Waals surface area contributed by atoms with E-state index in [9.17, 15) is 0 Å². The second-order valence-electron chi connectivity index (χ2n) is 3.79. The van der Waals surface area contributed by atoms with E-state index in [0.717, 1.165) is 18.5 Å². The summed E-state index contributed by atoms with van der Waals surface area (Å²) < 4.78 is 0. The summed E-state index contributed by atoms with van der Waals surface area (Å²) in [6.07, 6.45) is 6.39. The van der Waals surface area contributed by atoms with Gasteiger partial charge in [0.15, 0.2) is 0 Å². The SMILES string of the molecule is Cc1cccc(C2=CCCC(N)=C2)c1. The van der Waals surface area contributed by atoms with Gasteiger partial charge < -0.3 is 5.73 Å². The summed E-state index contributed by atoms with van der Waals surface area (Å²) in [5, 5.41) is 0. The Balaban J connectivity index is 2.36. The second kappa shape index (κ2) is 3.70. The Morgan fingerprint density at radius 1 is 1.29 bits per heavy atom. The van der Waals surface area contributed by atoms with Crippen molar-refractivity contribution in [3.05, 3.63) is 53.2 Å². The molecule has 1 aliphatic rings. The third-order valence-corrected chi connectivity index (χ3v) is 2.49. The summed E-state index contributed by atoms with van der Waals surface area (Å²) in [5.74, 6) is 0. The Labute approximate surface area is 84.9 Å². The fraction of sp³-hybridized carbons (Fsp3) is 0.231. The molecule has 0 atom stereocenters. The van der Waals surface area contributed by atoms with Crippen LogP contribution in [0.25, 0.3) is 5.57 Å². The van der Waals surface area contributed by atoms with Gasteiger partial charge in [0, 0.05) is 5.70 Å². The minimum Gasteiger partial charge on any atom is -0.402 e. The molecule has 2 N–H and O–H groups in total. The quantitative estimate of drug-likeness (QED) is 0.715. The van der Waals surface area contributed by atoms with E-state index >= 15 is 0 Å². The number of rotatable bonds is 1. The summed E-state index contributed by atoms with van der Waals surface area (Å²) >= 11 is 0. The van der Waals surface area contributed by atoms with Crippen molar-refractivity contribution in [2.45, 2.75) is 19.8 Å². The van der Waals surface area contributed by atoms with Gasteiger partial charge in [-0.2, -0.15) is 0 Å². The lowest BCUT2D eigenvalue weighted by Gasteiger charge is -2.11. The van der Waals surface area contributed by atoms with Crippen molar-refractivity contribution in [3.63, 3.8) is 0 Å². The number of aryl methyl sites for hydroxylation is 1. The third kappa shape index (κ3) is 1.87. The fourth-order valence-corrected chi connectivity index (χ4v) is 1.75. The monoisotopic (exact) mass is 185 g/mol. The number of hydrogen-bond donors (Lipinski definition) is 1. The second-order valence-corrected chi connectivity index (χ2v) is 3.79. The molecule has 0 amide bonds. The molecule has 1 aromatic rings. The highest BCUT2D eigenvalue weighted by atomic mass is 14.6. The van der Waals surface area contributed by atoms with Gasteiger partial charge in [-0.1, -0.05) is 35.9 Å². The third-order valence-electron chi connectivity index (χ3n) is 2.49. The molecular weight excluding hydrogens is 170 g/mol.